The highest BCUT2D eigenvalue weighted by Crippen LogP contribution is 2.34. The van der Waals surface area contributed by atoms with E-state index in [2.05, 4.69) is 48.7 Å². The molecular formula is C20H29BrO2. The molecular weight excluding hydrogens is 352 g/mol. The van der Waals surface area contributed by atoms with Gasteiger partial charge in [-0.2, -0.15) is 0 Å². The number of ketones is 1. The van der Waals surface area contributed by atoms with Crippen LogP contribution < -0.4 is 4.74 Å². The standard InChI is InChI=1S/C14H17BrO2.C3H8.C3H4/c1-5-12(16)7-10(3)14-9(2)6-11(15)8-13(14)17-4;2*1-3-2/h5-6,8,10H,1,7H2,2-4H3;3H2,1-2H3;1H,2H3. The van der Waals surface area contributed by atoms with Gasteiger partial charge in [0.25, 0.3) is 0 Å². The maximum absolute atomic E-state index is 11.4. The molecule has 0 heterocycles. The molecule has 0 bridgehead atoms. The predicted molar refractivity (Wildman–Crippen MR) is 104 cm³/mol. The quantitative estimate of drug-likeness (QED) is 0.457. The summed E-state index contributed by atoms with van der Waals surface area (Å²) >= 11 is 3.44. The molecule has 2 nitrogen and oxygen atoms in total. The van der Waals surface area contributed by atoms with Gasteiger partial charge in [-0.05, 0) is 43.5 Å². The number of aryl methyl sites for hydroxylation is 1. The van der Waals surface area contributed by atoms with Gasteiger partial charge in [0.15, 0.2) is 5.78 Å². The fraction of sp³-hybridized carbons (Fsp3) is 0.450. The number of rotatable bonds is 5. The molecule has 0 saturated carbocycles. The van der Waals surface area contributed by atoms with Gasteiger partial charge in [0.1, 0.15) is 5.75 Å². The van der Waals surface area contributed by atoms with Crippen LogP contribution in [-0.2, 0) is 4.79 Å². The highest BCUT2D eigenvalue weighted by Gasteiger charge is 2.17. The van der Waals surface area contributed by atoms with Crippen LogP contribution in [0.5, 0.6) is 5.75 Å². The Bertz CT molecular complexity index is 527. The fourth-order valence-corrected chi connectivity index (χ4v) is 2.56. The summed E-state index contributed by atoms with van der Waals surface area (Å²) in [4.78, 5) is 11.4. The number of ether oxygens (including phenoxy) is 1. The zero-order valence-corrected chi connectivity index (χ0v) is 16.8. The third kappa shape index (κ3) is 9.97. The Kier molecular flexibility index (Phi) is 14.5. The molecule has 1 aromatic rings. The highest BCUT2D eigenvalue weighted by atomic mass is 79.9. The molecule has 0 amide bonds. The van der Waals surface area contributed by atoms with Gasteiger partial charge < -0.3 is 4.74 Å². The van der Waals surface area contributed by atoms with Crippen molar-refractivity contribution in [2.24, 2.45) is 0 Å². The van der Waals surface area contributed by atoms with E-state index in [0.717, 1.165) is 21.3 Å². The first-order chi connectivity index (χ1) is 10.8. The van der Waals surface area contributed by atoms with E-state index < -0.39 is 0 Å². The molecule has 0 spiro atoms. The van der Waals surface area contributed by atoms with Crippen molar-refractivity contribution >= 4 is 21.7 Å². The molecule has 0 aromatic heterocycles. The molecule has 1 atom stereocenters. The van der Waals surface area contributed by atoms with Crippen LogP contribution >= 0.6 is 15.9 Å². The number of carbonyl (C=O) groups is 1. The summed E-state index contributed by atoms with van der Waals surface area (Å²) in [6.07, 6.45) is 7.68. The summed E-state index contributed by atoms with van der Waals surface area (Å²) in [5, 5.41) is 0. The summed E-state index contributed by atoms with van der Waals surface area (Å²) in [6, 6.07) is 3.96. The average Bonchev–Trinajstić information content (AvgIpc) is 2.47. The van der Waals surface area contributed by atoms with Gasteiger partial charge in [-0.15, -0.1) is 12.3 Å². The molecule has 128 valence electrons. The number of hydrogen-bond acceptors (Lipinski definition) is 2. The first-order valence-electron chi connectivity index (χ1n) is 7.69. The van der Waals surface area contributed by atoms with Crippen molar-refractivity contribution in [1.82, 2.24) is 0 Å². The van der Waals surface area contributed by atoms with E-state index in [9.17, 15) is 4.79 Å². The number of hydrogen-bond donors (Lipinski definition) is 0. The number of benzene rings is 1. The Morgan fingerprint density at radius 2 is 1.96 bits per heavy atom. The first-order valence-corrected chi connectivity index (χ1v) is 8.48. The Hall–Kier alpha value is -1.53. The highest BCUT2D eigenvalue weighted by molar-refractivity contribution is 9.10. The summed E-state index contributed by atoms with van der Waals surface area (Å²) in [5.41, 5.74) is 2.21. The van der Waals surface area contributed by atoms with Crippen molar-refractivity contribution in [1.29, 1.82) is 0 Å². The van der Waals surface area contributed by atoms with Gasteiger partial charge >= 0.3 is 0 Å². The molecule has 0 N–H and O–H groups in total. The maximum Gasteiger partial charge on any atom is 0.155 e. The Balaban J connectivity index is 0. The molecule has 0 aliphatic rings. The summed E-state index contributed by atoms with van der Waals surface area (Å²) in [5.74, 6) is 3.26. The number of methoxy groups -OCH3 is 1. The van der Waals surface area contributed by atoms with Crippen molar-refractivity contribution in [2.75, 3.05) is 7.11 Å². The second-order valence-corrected chi connectivity index (χ2v) is 6.03. The number of terminal acetylenes is 1. The van der Waals surface area contributed by atoms with Crippen LogP contribution in [0.4, 0.5) is 0 Å². The molecule has 1 unspecified atom stereocenters. The minimum atomic E-state index is 0.0573. The van der Waals surface area contributed by atoms with Gasteiger partial charge in [0.2, 0.25) is 0 Å². The summed E-state index contributed by atoms with van der Waals surface area (Å²) in [6.45, 7) is 13.5. The lowest BCUT2D eigenvalue weighted by atomic mass is 9.91. The maximum atomic E-state index is 11.4. The molecule has 0 radical (unpaired) electrons. The third-order valence-corrected chi connectivity index (χ3v) is 3.22. The van der Waals surface area contributed by atoms with E-state index in [1.807, 2.05) is 26.0 Å². The number of carbonyl (C=O) groups excluding carboxylic acids is 1. The first kappa shape index (κ1) is 23.7. The van der Waals surface area contributed by atoms with Gasteiger partial charge in [-0.1, -0.05) is 49.7 Å². The SMILES string of the molecule is C#CC.C=CC(=O)CC(C)c1c(C)cc(Br)cc1OC.CCC. The molecule has 0 saturated heterocycles. The molecule has 1 rings (SSSR count). The second kappa shape index (κ2) is 14.1. The molecule has 1 aromatic carbocycles. The smallest absolute Gasteiger partial charge is 0.155 e. The van der Waals surface area contributed by atoms with Gasteiger partial charge in [0.05, 0.1) is 7.11 Å². The largest absolute Gasteiger partial charge is 0.496 e. The van der Waals surface area contributed by atoms with Gasteiger partial charge in [0, 0.05) is 16.5 Å². The molecule has 0 aliphatic heterocycles. The van der Waals surface area contributed by atoms with Crippen molar-refractivity contribution < 1.29 is 9.53 Å². The lowest BCUT2D eigenvalue weighted by molar-refractivity contribution is -0.114. The summed E-state index contributed by atoms with van der Waals surface area (Å²) < 4.78 is 6.36. The van der Waals surface area contributed by atoms with Crippen LogP contribution in [-0.4, -0.2) is 12.9 Å². The molecule has 0 fully saturated rings. The van der Waals surface area contributed by atoms with Crippen LogP contribution in [0.3, 0.4) is 0 Å². The monoisotopic (exact) mass is 380 g/mol. The topological polar surface area (TPSA) is 26.3 Å². The normalized spacial score (nSPS) is 10.0. The Labute approximate surface area is 150 Å². The lowest BCUT2D eigenvalue weighted by Crippen LogP contribution is -2.05. The number of allylic oxidation sites excluding steroid dienone is 1. The van der Waals surface area contributed by atoms with E-state index in [-0.39, 0.29) is 11.7 Å². The lowest BCUT2D eigenvalue weighted by Gasteiger charge is -2.17. The van der Waals surface area contributed by atoms with Crippen molar-refractivity contribution in [3.63, 3.8) is 0 Å². The van der Waals surface area contributed by atoms with Crippen LogP contribution in [0.25, 0.3) is 0 Å². The van der Waals surface area contributed by atoms with Crippen LogP contribution in [0.1, 0.15) is 57.6 Å². The van der Waals surface area contributed by atoms with Crippen molar-refractivity contribution in [2.45, 2.75) is 53.4 Å². The van der Waals surface area contributed by atoms with E-state index in [1.54, 1.807) is 14.0 Å². The minimum absolute atomic E-state index is 0.0573. The zero-order chi connectivity index (χ0) is 18.4. The van der Waals surface area contributed by atoms with Gasteiger partial charge in [-0.25, -0.2) is 0 Å². The zero-order valence-electron chi connectivity index (χ0n) is 15.2. The minimum Gasteiger partial charge on any atom is -0.496 e. The van der Waals surface area contributed by atoms with Crippen molar-refractivity contribution in [3.05, 3.63) is 40.4 Å². The van der Waals surface area contributed by atoms with E-state index in [0.29, 0.717) is 6.42 Å². The number of halogens is 1. The average molecular weight is 381 g/mol. The molecule has 0 aliphatic carbocycles. The van der Waals surface area contributed by atoms with Gasteiger partial charge in [-0.3, -0.25) is 4.79 Å². The third-order valence-electron chi connectivity index (χ3n) is 2.76. The summed E-state index contributed by atoms with van der Waals surface area (Å²) in [7, 11) is 1.65. The fourth-order valence-electron chi connectivity index (χ4n) is 2.01. The van der Waals surface area contributed by atoms with E-state index >= 15 is 0 Å². The Morgan fingerprint density at radius 3 is 2.35 bits per heavy atom. The van der Waals surface area contributed by atoms with Crippen LogP contribution in [0, 0.1) is 19.3 Å². The van der Waals surface area contributed by atoms with Crippen LogP contribution in [0.15, 0.2) is 29.3 Å². The predicted octanol–water partition coefficient (Wildman–Crippen LogP) is 6.07. The second-order valence-electron chi connectivity index (χ2n) is 5.11. The Morgan fingerprint density at radius 1 is 1.48 bits per heavy atom. The molecule has 3 heteroatoms. The molecule has 23 heavy (non-hydrogen) atoms. The van der Waals surface area contributed by atoms with E-state index in [4.69, 9.17) is 4.74 Å². The van der Waals surface area contributed by atoms with E-state index in [1.165, 1.54) is 12.5 Å². The van der Waals surface area contributed by atoms with Crippen molar-refractivity contribution in [3.8, 4) is 18.1 Å². The van der Waals surface area contributed by atoms with Crippen LogP contribution in [0.2, 0.25) is 0 Å².